The molecule has 39 nitrogen and oxygen atoms in total. The molecule has 10 atom stereocenters. The molecule has 0 bridgehead atoms. The van der Waals surface area contributed by atoms with Crippen molar-refractivity contribution in [2.24, 2.45) is 0 Å². The molecule has 2 fully saturated rings. The minimum Gasteiger partial charge on any atom is -0.504 e. The van der Waals surface area contributed by atoms with Gasteiger partial charge in [0.1, 0.15) is 31.5 Å². The summed E-state index contributed by atoms with van der Waals surface area (Å²) in [6.07, 6.45) is -27.6. The summed E-state index contributed by atoms with van der Waals surface area (Å²) in [5, 5.41) is 229. The number of aliphatic hydroxyl groups is 1. The van der Waals surface area contributed by atoms with Crippen LogP contribution in [0.5, 0.6) is 121 Å². The predicted molar refractivity (Wildman–Crippen MR) is 311 cm³/mol. The van der Waals surface area contributed by atoms with Crippen LogP contribution in [0.3, 0.4) is 0 Å². The van der Waals surface area contributed by atoms with Crippen LogP contribution in [0, 0.1) is 0 Å². The van der Waals surface area contributed by atoms with Crippen LogP contribution in [0.1, 0.15) is 72.5 Å². The number of hydrogen-bond donors (Lipinski definition) is 22. The number of phenols is 21. The first-order chi connectivity index (χ1) is 47.0. The van der Waals surface area contributed by atoms with Gasteiger partial charge in [0.15, 0.2) is 164 Å². The van der Waals surface area contributed by atoms with Crippen molar-refractivity contribution < 1.29 is 193 Å². The maximum absolute atomic E-state index is 14.7. The second-order valence-corrected chi connectivity index (χ2v) is 21.3. The van der Waals surface area contributed by atoms with Gasteiger partial charge in [-0.2, -0.15) is 0 Å². The van der Waals surface area contributed by atoms with E-state index in [0.29, 0.717) is 84.9 Å². The van der Waals surface area contributed by atoms with E-state index in [1.165, 1.54) is 0 Å². The Kier molecular flexibility index (Phi) is 19.8. The minimum atomic E-state index is -2.97. The Morgan fingerprint density at radius 1 is 0.260 bits per heavy atom. The van der Waals surface area contributed by atoms with Crippen molar-refractivity contribution in [2.45, 2.75) is 61.4 Å². The average Bonchev–Trinajstić information content (AvgIpc) is 0.759. The molecular weight excluding hydrogens is 1360 g/mol. The highest BCUT2D eigenvalue weighted by molar-refractivity contribution is 5.95. The van der Waals surface area contributed by atoms with Crippen molar-refractivity contribution in [3.63, 3.8) is 0 Å². The molecule has 0 aromatic heterocycles. The third-order valence-electron chi connectivity index (χ3n) is 14.6. The molecule has 528 valence electrons. The fourth-order valence-corrected chi connectivity index (χ4v) is 9.63. The quantitative estimate of drug-likeness (QED) is 0.0329. The lowest BCUT2D eigenvalue weighted by atomic mass is 9.95. The van der Waals surface area contributed by atoms with Crippen LogP contribution >= 0.6 is 0 Å². The zero-order valence-corrected chi connectivity index (χ0v) is 49.5. The van der Waals surface area contributed by atoms with Crippen LogP contribution in [0.25, 0.3) is 0 Å². The highest BCUT2D eigenvalue weighted by atomic mass is 16.8. The highest BCUT2D eigenvalue weighted by Gasteiger charge is 2.58. The molecule has 9 rings (SSSR count). The normalized spacial score (nSPS) is 20.2. The zero-order valence-electron chi connectivity index (χ0n) is 49.5. The molecule has 2 aliphatic rings. The summed E-state index contributed by atoms with van der Waals surface area (Å²) < 4.78 is 57.9. The molecule has 0 amide bonds. The lowest BCUT2D eigenvalue weighted by Crippen LogP contribution is -2.67. The molecular formula is C61H50O39. The Bertz CT molecular complexity index is 4290. The molecule has 7 aromatic carbocycles. The van der Waals surface area contributed by atoms with Gasteiger partial charge in [0.2, 0.25) is 0 Å². The maximum Gasteiger partial charge on any atom is 0.339 e. The van der Waals surface area contributed by atoms with E-state index in [1.807, 2.05) is 0 Å². The number of phenolic OH excluding ortho intramolecular Hbond substituents is 21. The van der Waals surface area contributed by atoms with Gasteiger partial charge in [-0.05, 0) is 84.9 Å². The number of hydrogen-bond acceptors (Lipinski definition) is 39. The lowest BCUT2D eigenvalue weighted by molar-refractivity contribution is -0.352. The van der Waals surface area contributed by atoms with Gasteiger partial charge in [-0.15, -0.1) is 0 Å². The van der Waals surface area contributed by atoms with Gasteiger partial charge in [-0.25, -0.2) is 33.6 Å². The molecule has 0 spiro atoms. The fraction of sp³-hybridized carbons (Fsp3) is 0.197. The van der Waals surface area contributed by atoms with Gasteiger partial charge in [-0.1, -0.05) is 0 Å². The van der Waals surface area contributed by atoms with E-state index in [-0.39, 0.29) is 0 Å². The fourth-order valence-electron chi connectivity index (χ4n) is 9.63. The number of ether oxygens (including phenoxy) is 10. The second kappa shape index (κ2) is 28.0. The van der Waals surface area contributed by atoms with Crippen LogP contribution in [-0.4, -0.2) is 229 Å². The SMILES string of the molecule is O=C(OC[C@H]1O[C@@H](O[C@H]2[C@H](OC(=O)c3cc(O)c(O)c(O)c3)[C@@H](OC(=O)c3cc(O)c(O)c(O)c3)C(O)O[C@@H]2COC(=O)c2cc(O)c(O)c(O)c2)[C@H](OC(=O)c2cc(O)c(O)c(O)c2)[C@@H](OC(=O)c2cc(O)c(O)c(O)c2)[C@H]1OC(=O)c1cc(O)c(O)c(O)c1)c1cc(O)c(O)c(O)c1. The molecule has 2 heterocycles. The van der Waals surface area contributed by atoms with E-state index >= 15 is 0 Å². The van der Waals surface area contributed by atoms with Crippen LogP contribution in [-0.2, 0) is 47.4 Å². The maximum atomic E-state index is 14.7. The van der Waals surface area contributed by atoms with Crippen molar-refractivity contribution in [3.8, 4) is 121 Å². The van der Waals surface area contributed by atoms with Crippen molar-refractivity contribution in [2.75, 3.05) is 13.2 Å². The molecule has 7 aromatic rings. The average molecular weight is 1410 g/mol. The van der Waals surface area contributed by atoms with Gasteiger partial charge in [0.25, 0.3) is 0 Å². The standard InChI is InChI=1S/C61H50O39/c62-24-1-17(2-25(63)40(24)76)53(83)91-15-38-48(49(96-56(86)20-7-30(68)43(79)31(69)8-20)51(60(90)93-38)98-58(88)22-11-34(72)45(81)35(73)12-22)100-61-52(99-59(89)23-13-36(74)46(82)37(75)14-23)50(97-57(87)21-9-32(70)44(80)33(71)10-21)47(95-55(85)19-5-28(66)42(78)29(67)6-19)39(94-61)16-92-54(84)18-3-26(64)41(77)27(65)4-18/h1-14,38-39,47-52,60-82,90H,15-16H2/t38-,39-,47+,48-,49+,50+,51-,52-,60?,61+/m1/s1. The predicted octanol–water partition coefficient (Wildman–Crippen LogP) is 1.47. The smallest absolute Gasteiger partial charge is 0.339 e. The molecule has 22 N–H and O–H groups in total. The first kappa shape index (κ1) is 70.8. The number of rotatable bonds is 18. The van der Waals surface area contributed by atoms with Crippen molar-refractivity contribution in [3.05, 3.63) is 124 Å². The Labute approximate surface area is 552 Å². The largest absolute Gasteiger partial charge is 0.504 e. The summed E-state index contributed by atoms with van der Waals surface area (Å²) >= 11 is 0. The summed E-state index contributed by atoms with van der Waals surface area (Å²) in [5.41, 5.74) is -6.50. The summed E-state index contributed by atoms with van der Waals surface area (Å²) in [4.78, 5) is 100. The van der Waals surface area contributed by atoms with Crippen molar-refractivity contribution in [1.29, 1.82) is 0 Å². The van der Waals surface area contributed by atoms with Crippen LogP contribution in [0.2, 0.25) is 0 Å². The van der Waals surface area contributed by atoms with E-state index in [4.69, 9.17) is 47.4 Å². The van der Waals surface area contributed by atoms with E-state index in [1.54, 1.807) is 0 Å². The number of benzene rings is 7. The lowest BCUT2D eigenvalue weighted by Gasteiger charge is -2.48. The van der Waals surface area contributed by atoms with Crippen LogP contribution in [0.4, 0.5) is 0 Å². The molecule has 0 saturated carbocycles. The third kappa shape index (κ3) is 14.6. The van der Waals surface area contributed by atoms with Crippen molar-refractivity contribution >= 4 is 41.8 Å². The van der Waals surface area contributed by atoms with Gasteiger partial charge in [0.05, 0.1) is 38.9 Å². The van der Waals surface area contributed by atoms with E-state index in [9.17, 15) is 146 Å². The minimum absolute atomic E-state index is 0.414. The van der Waals surface area contributed by atoms with Gasteiger partial charge < -0.3 is 160 Å². The van der Waals surface area contributed by atoms with E-state index in [2.05, 4.69) is 0 Å². The molecule has 39 heteroatoms. The Balaban J connectivity index is 1.28. The summed E-state index contributed by atoms with van der Waals surface area (Å²) in [7, 11) is 0. The van der Waals surface area contributed by atoms with Crippen molar-refractivity contribution in [1.82, 2.24) is 0 Å². The monoisotopic (exact) mass is 1410 g/mol. The molecule has 100 heavy (non-hydrogen) atoms. The van der Waals surface area contributed by atoms with Crippen LogP contribution < -0.4 is 0 Å². The second-order valence-electron chi connectivity index (χ2n) is 21.3. The summed E-state index contributed by atoms with van der Waals surface area (Å²) in [5.74, 6) is -38.0. The summed E-state index contributed by atoms with van der Waals surface area (Å²) in [6, 6.07) is 6.48. The van der Waals surface area contributed by atoms with E-state index < -0.39 is 276 Å². The number of esters is 7. The number of carbonyl (C=O) groups excluding carboxylic acids is 7. The first-order valence-corrected chi connectivity index (χ1v) is 27.8. The third-order valence-corrected chi connectivity index (χ3v) is 14.6. The number of aliphatic hydroxyl groups excluding tert-OH is 1. The highest BCUT2D eigenvalue weighted by Crippen LogP contribution is 2.45. The van der Waals surface area contributed by atoms with Gasteiger partial charge in [0, 0.05) is 0 Å². The molecule has 1 unspecified atom stereocenters. The topological polar surface area (TPSA) is 657 Å². The van der Waals surface area contributed by atoms with Gasteiger partial charge >= 0.3 is 41.8 Å². The Morgan fingerprint density at radius 2 is 0.460 bits per heavy atom. The molecule has 0 radical (unpaired) electrons. The van der Waals surface area contributed by atoms with E-state index in [0.717, 1.165) is 0 Å². The Hall–Kier alpha value is -13.5. The first-order valence-electron chi connectivity index (χ1n) is 27.8. The zero-order chi connectivity index (χ0) is 73.4. The molecule has 2 saturated heterocycles. The summed E-state index contributed by atoms with van der Waals surface area (Å²) in [6.45, 7) is -2.99. The Morgan fingerprint density at radius 3 is 0.720 bits per heavy atom. The van der Waals surface area contributed by atoms with Crippen LogP contribution in [0.15, 0.2) is 84.9 Å². The molecule has 2 aliphatic heterocycles. The van der Waals surface area contributed by atoms with Gasteiger partial charge in [-0.3, -0.25) is 0 Å². The number of aromatic hydroxyl groups is 21. The number of carbonyl (C=O) groups is 7. The molecule has 0 aliphatic carbocycles.